The van der Waals surface area contributed by atoms with E-state index >= 15 is 0 Å². The van der Waals surface area contributed by atoms with E-state index in [4.69, 9.17) is 11.1 Å². The highest BCUT2D eigenvalue weighted by atomic mass is 15.2. The van der Waals surface area contributed by atoms with Crippen LogP contribution in [0.25, 0.3) is 20.9 Å². The molecule has 0 aromatic rings. The van der Waals surface area contributed by atoms with Gasteiger partial charge in [-0.1, -0.05) is 10.2 Å². The van der Waals surface area contributed by atoms with Gasteiger partial charge >= 0.3 is 0 Å². The predicted molar refractivity (Wildman–Crippen MR) is 42.0 cm³/mol. The number of fused-ring (bicyclic) bond motifs is 1. The fraction of sp³-hybridized carbons (Fsp3) is 1.00. The maximum atomic E-state index is 8.04. The molecule has 6 nitrogen and oxygen atoms in total. The first-order valence-corrected chi connectivity index (χ1v) is 3.92. The van der Waals surface area contributed by atoms with E-state index in [9.17, 15) is 0 Å². The second-order valence-electron chi connectivity index (χ2n) is 3.31. The molecule has 0 saturated heterocycles. The maximum Gasteiger partial charge on any atom is 0.0291 e. The molecule has 0 amide bonds. The average Bonchev–Trinajstić information content (AvgIpc) is 2.92. The van der Waals surface area contributed by atoms with Crippen molar-refractivity contribution < 1.29 is 0 Å². The van der Waals surface area contributed by atoms with Crippen molar-refractivity contribution in [3.05, 3.63) is 20.9 Å². The van der Waals surface area contributed by atoms with Crippen LogP contribution in [0, 0.1) is 23.7 Å². The predicted octanol–water partition coefficient (Wildman–Crippen LogP) is 2.10. The number of rotatable bonds is 4. The van der Waals surface area contributed by atoms with E-state index in [1.165, 1.54) is 0 Å². The minimum absolute atomic E-state index is 0.597. The Labute approximate surface area is 68.8 Å². The van der Waals surface area contributed by atoms with Gasteiger partial charge in [0.1, 0.15) is 0 Å². The van der Waals surface area contributed by atoms with Crippen molar-refractivity contribution in [2.75, 3.05) is 13.1 Å². The number of hydrogen-bond acceptors (Lipinski definition) is 2. The van der Waals surface area contributed by atoms with Gasteiger partial charge in [0.15, 0.2) is 0 Å². The molecule has 0 aromatic carbocycles. The summed E-state index contributed by atoms with van der Waals surface area (Å²) in [6.07, 6.45) is 0. The second kappa shape index (κ2) is 2.59. The zero-order valence-corrected chi connectivity index (χ0v) is 6.41. The SMILES string of the molecule is [N-]=[N+]=NCC1C2C(CN=[N+]=[N-])C12. The molecule has 2 fully saturated rings. The van der Waals surface area contributed by atoms with Crippen molar-refractivity contribution in [2.24, 2.45) is 33.9 Å². The van der Waals surface area contributed by atoms with E-state index in [2.05, 4.69) is 20.1 Å². The van der Waals surface area contributed by atoms with Gasteiger partial charge in [0.25, 0.3) is 0 Å². The van der Waals surface area contributed by atoms with Gasteiger partial charge in [-0.05, 0) is 34.7 Å². The van der Waals surface area contributed by atoms with Crippen molar-refractivity contribution >= 4 is 0 Å². The van der Waals surface area contributed by atoms with Gasteiger partial charge < -0.3 is 0 Å². The van der Waals surface area contributed by atoms with Crippen LogP contribution in [0.2, 0.25) is 0 Å². The van der Waals surface area contributed by atoms with E-state index in [-0.39, 0.29) is 0 Å². The largest absolute Gasteiger partial charge is 0.0937 e. The summed E-state index contributed by atoms with van der Waals surface area (Å²) in [4.78, 5) is 5.40. The zero-order chi connectivity index (χ0) is 8.55. The third-order valence-corrected chi connectivity index (χ3v) is 2.85. The smallest absolute Gasteiger partial charge is 0.0291 e. The van der Waals surface area contributed by atoms with Crippen molar-refractivity contribution in [3.8, 4) is 0 Å². The summed E-state index contributed by atoms with van der Waals surface area (Å²) in [5, 5.41) is 7.01. The normalized spacial score (nSPS) is 40.3. The van der Waals surface area contributed by atoms with E-state index < -0.39 is 0 Å². The number of nitrogens with zero attached hydrogens (tertiary/aromatic N) is 6. The highest BCUT2D eigenvalue weighted by molar-refractivity contribution is 5.20. The fourth-order valence-corrected chi connectivity index (χ4v) is 2.09. The van der Waals surface area contributed by atoms with Crippen LogP contribution < -0.4 is 0 Å². The molecule has 2 saturated carbocycles. The van der Waals surface area contributed by atoms with Crippen LogP contribution >= 0.6 is 0 Å². The monoisotopic (exact) mass is 164 g/mol. The summed E-state index contributed by atoms with van der Waals surface area (Å²) < 4.78 is 0. The van der Waals surface area contributed by atoms with E-state index in [1.807, 2.05) is 0 Å². The van der Waals surface area contributed by atoms with Crippen molar-refractivity contribution in [2.45, 2.75) is 0 Å². The van der Waals surface area contributed by atoms with Crippen LogP contribution in [0.5, 0.6) is 0 Å². The molecule has 0 aromatic heterocycles. The molecule has 0 bridgehead atoms. The van der Waals surface area contributed by atoms with E-state index in [0.717, 1.165) is 0 Å². The number of hydrogen-bond donors (Lipinski definition) is 0. The summed E-state index contributed by atoms with van der Waals surface area (Å²) in [5.74, 6) is 2.58. The number of azide groups is 2. The highest BCUT2D eigenvalue weighted by Gasteiger charge is 2.71. The first-order valence-electron chi connectivity index (χ1n) is 3.92. The molecule has 0 radical (unpaired) electrons. The molecule has 2 aliphatic rings. The highest BCUT2D eigenvalue weighted by Crippen LogP contribution is 2.73. The molecule has 0 heterocycles. The molecule has 2 rings (SSSR count). The molecule has 62 valence electrons. The molecule has 0 spiro atoms. The molecule has 12 heavy (non-hydrogen) atoms. The van der Waals surface area contributed by atoms with Gasteiger partial charge in [-0.3, -0.25) is 0 Å². The lowest BCUT2D eigenvalue weighted by atomic mass is 10.1. The van der Waals surface area contributed by atoms with Gasteiger partial charge in [-0.2, -0.15) is 0 Å². The molecule has 0 unspecified atom stereocenters. The van der Waals surface area contributed by atoms with Crippen LogP contribution in [0.15, 0.2) is 10.2 Å². The Bertz CT molecular complexity index is 248. The molecular weight excluding hydrogens is 156 g/mol. The Balaban J connectivity index is 1.69. The fourth-order valence-electron chi connectivity index (χ4n) is 2.09. The summed E-state index contributed by atoms with van der Waals surface area (Å²) >= 11 is 0. The van der Waals surface area contributed by atoms with Gasteiger partial charge in [-0.25, -0.2) is 0 Å². The standard InChI is InChI=1S/C6H8N6/c7-11-9-1-3-5-4(6(3)5)2-10-12-8/h3-6H,1-2H2. The van der Waals surface area contributed by atoms with E-state index in [1.54, 1.807) is 0 Å². The zero-order valence-electron chi connectivity index (χ0n) is 6.41. The van der Waals surface area contributed by atoms with Crippen LogP contribution in [-0.2, 0) is 0 Å². The Morgan fingerprint density at radius 1 is 0.917 bits per heavy atom. The molecule has 2 aliphatic carbocycles. The lowest BCUT2D eigenvalue weighted by molar-refractivity contribution is 0.487. The Hall–Kier alpha value is -1.38. The average molecular weight is 164 g/mol. The van der Waals surface area contributed by atoms with Crippen molar-refractivity contribution in [1.29, 1.82) is 0 Å². The molecular formula is C6H8N6. The lowest BCUT2D eigenvalue weighted by Crippen LogP contribution is -2.05. The molecule has 6 heteroatoms. The summed E-state index contributed by atoms with van der Waals surface area (Å²) in [6.45, 7) is 1.25. The Kier molecular flexibility index (Phi) is 1.57. The summed E-state index contributed by atoms with van der Waals surface area (Å²) in [5.41, 5.74) is 16.1. The third-order valence-electron chi connectivity index (χ3n) is 2.85. The Morgan fingerprint density at radius 2 is 1.33 bits per heavy atom. The molecule has 0 N–H and O–H groups in total. The van der Waals surface area contributed by atoms with Crippen LogP contribution in [-0.4, -0.2) is 13.1 Å². The topological polar surface area (TPSA) is 97.5 Å². The second-order valence-corrected chi connectivity index (χ2v) is 3.31. The van der Waals surface area contributed by atoms with Crippen molar-refractivity contribution in [3.63, 3.8) is 0 Å². The summed E-state index contributed by atoms with van der Waals surface area (Å²) in [6, 6.07) is 0. The first kappa shape index (κ1) is 7.28. The Morgan fingerprint density at radius 3 is 1.67 bits per heavy atom. The quantitative estimate of drug-likeness (QED) is 0.345. The van der Waals surface area contributed by atoms with Gasteiger partial charge in [-0.15, -0.1) is 0 Å². The van der Waals surface area contributed by atoms with Gasteiger partial charge in [0.05, 0.1) is 0 Å². The minimum Gasteiger partial charge on any atom is -0.0937 e. The van der Waals surface area contributed by atoms with Crippen LogP contribution in [0.4, 0.5) is 0 Å². The van der Waals surface area contributed by atoms with Crippen LogP contribution in [0.1, 0.15) is 0 Å². The molecule has 0 atom stereocenters. The van der Waals surface area contributed by atoms with Gasteiger partial charge in [0, 0.05) is 22.9 Å². The van der Waals surface area contributed by atoms with Crippen molar-refractivity contribution in [1.82, 2.24) is 0 Å². The maximum absolute atomic E-state index is 8.04. The van der Waals surface area contributed by atoms with Crippen LogP contribution in [0.3, 0.4) is 0 Å². The minimum atomic E-state index is 0.597. The van der Waals surface area contributed by atoms with E-state index in [0.29, 0.717) is 36.8 Å². The molecule has 0 aliphatic heterocycles. The summed E-state index contributed by atoms with van der Waals surface area (Å²) in [7, 11) is 0. The van der Waals surface area contributed by atoms with Gasteiger partial charge in [0.2, 0.25) is 0 Å². The first-order chi connectivity index (χ1) is 5.90. The lowest BCUT2D eigenvalue weighted by Gasteiger charge is -2.04. The third kappa shape index (κ3) is 0.978.